The number of nitrogens with two attached hydrogens (primary N) is 1. The van der Waals surface area contributed by atoms with E-state index in [1.807, 2.05) is 25.2 Å². The van der Waals surface area contributed by atoms with E-state index < -0.39 is 39.9 Å². The number of nitrogens with zero attached hydrogens (tertiary/aromatic N) is 4. The number of likely N-dealkylation sites (N-methyl/N-ethyl adjacent to an activating group) is 1. The molecular weight excluding hydrogens is 436 g/mol. The second kappa shape index (κ2) is 8.15. The van der Waals surface area contributed by atoms with Gasteiger partial charge in [-0.15, -0.1) is 0 Å². The Kier molecular flexibility index (Phi) is 6.07. The third kappa shape index (κ3) is 5.01. The molecule has 0 saturated carbocycles. The summed E-state index contributed by atoms with van der Waals surface area (Å²) in [6.07, 6.45) is -3.81. The summed E-state index contributed by atoms with van der Waals surface area (Å²) in [7, 11) is 3.12. The highest BCUT2D eigenvalue weighted by Crippen LogP contribution is 2.36. The molecule has 0 bridgehead atoms. The summed E-state index contributed by atoms with van der Waals surface area (Å²) in [6.45, 7) is 4.15. The van der Waals surface area contributed by atoms with Gasteiger partial charge in [-0.2, -0.15) is 18.3 Å². The van der Waals surface area contributed by atoms with Crippen molar-refractivity contribution in [2.24, 2.45) is 17.8 Å². The molecule has 1 aliphatic rings. The van der Waals surface area contributed by atoms with Crippen LogP contribution in [-0.4, -0.2) is 44.2 Å². The van der Waals surface area contributed by atoms with E-state index in [2.05, 4.69) is 15.4 Å². The molecule has 3 rings (SSSR count). The van der Waals surface area contributed by atoms with Crippen LogP contribution in [0.4, 0.5) is 23.2 Å². The zero-order valence-corrected chi connectivity index (χ0v) is 18.1. The normalized spacial score (nSPS) is 19.6. The smallest absolute Gasteiger partial charge is 0.386 e. The lowest BCUT2D eigenvalue weighted by Crippen LogP contribution is -2.36. The maximum absolute atomic E-state index is 14.6. The number of hydrogen-bond acceptors (Lipinski definition) is 6. The molecule has 0 radical (unpaired) electrons. The van der Waals surface area contributed by atoms with Crippen LogP contribution in [0.15, 0.2) is 29.4 Å². The lowest BCUT2D eigenvalue weighted by molar-refractivity contribution is -0.141. The van der Waals surface area contributed by atoms with Crippen LogP contribution < -0.4 is 11.1 Å². The van der Waals surface area contributed by atoms with Gasteiger partial charge in [0.2, 0.25) is 0 Å². The summed E-state index contributed by atoms with van der Waals surface area (Å²) in [6, 6.07) is 3.11. The number of amides is 1. The number of hydrogen-bond donors (Lipinski definition) is 2. The Morgan fingerprint density at radius 1 is 1.32 bits per heavy atom. The lowest BCUT2D eigenvalue weighted by atomic mass is 10.0. The Morgan fingerprint density at radius 2 is 2.00 bits per heavy atom. The Balaban J connectivity index is 1.92. The summed E-state index contributed by atoms with van der Waals surface area (Å²) >= 11 is 1.46. The fraction of sp³-hybridized carbons (Fsp3) is 0.421. The van der Waals surface area contributed by atoms with Crippen LogP contribution in [-0.2, 0) is 13.2 Å². The molecule has 1 aliphatic heterocycles. The number of benzene rings is 1. The number of carbonyl (C=O) groups is 1. The van der Waals surface area contributed by atoms with Gasteiger partial charge < -0.3 is 11.1 Å². The Morgan fingerprint density at radius 3 is 2.65 bits per heavy atom. The van der Waals surface area contributed by atoms with Gasteiger partial charge in [0.05, 0.1) is 16.4 Å². The fourth-order valence-corrected chi connectivity index (χ4v) is 4.33. The number of nitrogens with one attached hydrogen (secondary N) is 1. The van der Waals surface area contributed by atoms with Crippen LogP contribution in [0.2, 0.25) is 0 Å². The first-order valence-corrected chi connectivity index (χ1v) is 10.0. The molecule has 1 aromatic carbocycles. The molecule has 1 aromatic heterocycles. The maximum Gasteiger partial charge on any atom is 0.435 e. The van der Waals surface area contributed by atoms with Crippen LogP contribution in [0.1, 0.15) is 41.5 Å². The second-order valence-electron chi connectivity index (χ2n) is 7.70. The topological polar surface area (TPSA) is 88.5 Å². The average Bonchev–Trinajstić information content (AvgIpc) is 3.00. The highest BCUT2D eigenvalue weighted by atomic mass is 32.2. The standard InChI is InChI=1S/C19H22F4N6OS/c1-18(2)17(24)26-14(9-29(4)31-18)11-7-10(5-6-13(11)20)25-16(30)12-8-28(3)27-15(12)19(21,22)23/h5-8,14H,9H2,1-4H3,(H2,24,26)(H,25,30). The van der Waals surface area contributed by atoms with E-state index in [4.69, 9.17) is 5.73 Å². The number of aryl methyl sites for hydroxylation is 1. The van der Waals surface area contributed by atoms with Crippen LogP contribution in [0.5, 0.6) is 0 Å². The molecule has 168 valence electrons. The first kappa shape index (κ1) is 23.1. The van der Waals surface area contributed by atoms with E-state index in [0.717, 1.165) is 16.9 Å². The van der Waals surface area contributed by atoms with Crippen LogP contribution in [0.25, 0.3) is 0 Å². The lowest BCUT2D eigenvalue weighted by Gasteiger charge is -2.25. The van der Waals surface area contributed by atoms with Crippen molar-refractivity contribution in [2.45, 2.75) is 30.8 Å². The van der Waals surface area contributed by atoms with Crippen molar-refractivity contribution >= 4 is 29.4 Å². The van der Waals surface area contributed by atoms with Crippen LogP contribution in [0, 0.1) is 5.82 Å². The van der Waals surface area contributed by atoms with Gasteiger partial charge in [-0.1, -0.05) is 11.9 Å². The molecule has 7 nitrogen and oxygen atoms in total. The average molecular weight is 458 g/mol. The molecule has 0 fully saturated rings. The van der Waals surface area contributed by atoms with Crippen molar-refractivity contribution in [3.8, 4) is 0 Å². The summed E-state index contributed by atoms with van der Waals surface area (Å²) in [5.74, 6) is -1.23. The highest BCUT2D eigenvalue weighted by Gasteiger charge is 2.39. The number of halogens is 4. The van der Waals surface area contributed by atoms with Gasteiger partial charge in [0, 0.05) is 31.0 Å². The van der Waals surface area contributed by atoms with Gasteiger partial charge in [0.15, 0.2) is 5.69 Å². The summed E-state index contributed by atoms with van der Waals surface area (Å²) in [5.41, 5.74) is 4.48. The summed E-state index contributed by atoms with van der Waals surface area (Å²) in [4.78, 5) is 16.9. The molecular formula is C19H22F4N6OS. The first-order chi connectivity index (χ1) is 14.3. The van der Waals surface area contributed by atoms with Gasteiger partial charge in [0.1, 0.15) is 11.7 Å². The van der Waals surface area contributed by atoms with Crippen molar-refractivity contribution in [1.82, 2.24) is 14.1 Å². The number of carbonyl (C=O) groups excluding carboxylic acids is 1. The zero-order valence-electron chi connectivity index (χ0n) is 17.3. The second-order valence-corrected chi connectivity index (χ2v) is 9.52. The van der Waals surface area contributed by atoms with Gasteiger partial charge in [-0.25, -0.2) is 4.39 Å². The van der Waals surface area contributed by atoms with E-state index in [-0.39, 0.29) is 11.3 Å². The van der Waals surface area contributed by atoms with E-state index in [1.54, 1.807) is 0 Å². The van der Waals surface area contributed by atoms with Crippen LogP contribution >= 0.6 is 11.9 Å². The molecule has 0 spiro atoms. The predicted molar refractivity (Wildman–Crippen MR) is 111 cm³/mol. The quantitative estimate of drug-likeness (QED) is 0.542. The van der Waals surface area contributed by atoms with Crippen LogP contribution in [0.3, 0.4) is 0 Å². The van der Waals surface area contributed by atoms with E-state index in [0.29, 0.717) is 12.4 Å². The molecule has 0 aliphatic carbocycles. The summed E-state index contributed by atoms with van der Waals surface area (Å²) < 4.78 is 56.4. The minimum absolute atomic E-state index is 0.131. The monoisotopic (exact) mass is 458 g/mol. The number of anilines is 1. The largest absolute Gasteiger partial charge is 0.435 e. The number of alkyl halides is 3. The molecule has 31 heavy (non-hydrogen) atoms. The zero-order chi connectivity index (χ0) is 23.1. The minimum atomic E-state index is -4.79. The molecule has 3 N–H and O–H groups in total. The molecule has 1 amide bonds. The maximum atomic E-state index is 14.6. The number of rotatable bonds is 3. The number of amidine groups is 1. The molecule has 2 heterocycles. The molecule has 0 saturated heterocycles. The van der Waals surface area contributed by atoms with E-state index in [9.17, 15) is 22.4 Å². The molecule has 12 heteroatoms. The summed E-state index contributed by atoms with van der Waals surface area (Å²) in [5, 5.41) is 5.71. The van der Waals surface area contributed by atoms with Gasteiger partial charge in [0.25, 0.3) is 5.91 Å². The minimum Gasteiger partial charge on any atom is -0.386 e. The van der Waals surface area contributed by atoms with Gasteiger partial charge >= 0.3 is 6.18 Å². The third-order valence-electron chi connectivity index (χ3n) is 4.68. The number of aromatic nitrogens is 2. The van der Waals surface area contributed by atoms with Crippen molar-refractivity contribution in [1.29, 1.82) is 0 Å². The van der Waals surface area contributed by atoms with Crippen molar-refractivity contribution in [2.75, 3.05) is 18.9 Å². The van der Waals surface area contributed by atoms with Gasteiger partial charge in [-0.05, 0) is 39.1 Å². The van der Waals surface area contributed by atoms with E-state index >= 15 is 0 Å². The Bertz CT molecular complexity index is 1030. The first-order valence-electron chi connectivity index (χ1n) is 9.23. The van der Waals surface area contributed by atoms with E-state index in [1.165, 1.54) is 31.1 Å². The Labute approximate surface area is 180 Å². The van der Waals surface area contributed by atoms with Crippen molar-refractivity contribution in [3.63, 3.8) is 0 Å². The molecule has 1 atom stereocenters. The Hall–Kier alpha value is -2.60. The van der Waals surface area contributed by atoms with Crippen molar-refractivity contribution < 1.29 is 22.4 Å². The molecule has 2 aromatic rings. The predicted octanol–water partition coefficient (Wildman–Crippen LogP) is 3.60. The SMILES string of the molecule is CN1CC(c2cc(NC(=O)c3cn(C)nc3C(F)(F)F)ccc2F)N=C(N)C(C)(C)S1. The van der Waals surface area contributed by atoms with Crippen molar-refractivity contribution in [3.05, 3.63) is 47.0 Å². The third-order valence-corrected chi connectivity index (χ3v) is 5.81. The fourth-order valence-electron chi connectivity index (χ4n) is 3.19. The van der Waals surface area contributed by atoms with Gasteiger partial charge in [-0.3, -0.25) is 18.8 Å². The number of aliphatic imine (C=N–C) groups is 1. The molecule has 1 unspecified atom stereocenters. The highest BCUT2D eigenvalue weighted by molar-refractivity contribution is 7.99.